The summed E-state index contributed by atoms with van der Waals surface area (Å²) in [7, 11) is 0. The summed E-state index contributed by atoms with van der Waals surface area (Å²) >= 11 is 0. The number of pyridine rings is 1. The molecule has 3 aromatic heterocycles. The summed E-state index contributed by atoms with van der Waals surface area (Å²) in [6, 6.07) is 45.6. The van der Waals surface area contributed by atoms with Gasteiger partial charge in [0.1, 0.15) is 5.82 Å². The first kappa shape index (κ1) is 39.4. The normalized spacial score (nSPS) is 14.2. The standard InChI is InChI=1S/C62H58N4O.Pt/c1-40(2)42(4)44-31-32-63-58(35-44)66-55-27-15-14-24-53(55)54-30-29-50(38-57(54)66)67-49-23-17-22-48(37-49)64-39-65(59-41(3)19-16-28-56(59)64)60-51(43-20-12-11-13-21-43)25-18-26-52(60)45-33-46(61(5,6)7)36-47(34-45)62(8,9)10;/h11-36,40,42H,1-10H3;/q-2;/i11D,12D,13D,20D,21D,42D;. The van der Waals surface area contributed by atoms with Crippen LogP contribution < -0.4 is 9.30 Å². The first-order valence-corrected chi connectivity index (χ1v) is 23.0. The fraction of sp³-hybridized carbons (Fsp3) is 0.226. The van der Waals surface area contributed by atoms with Gasteiger partial charge in [-0.15, -0.1) is 29.7 Å². The minimum atomic E-state index is -0.819. The molecule has 0 aliphatic rings. The number of hydrogen-bond donors (Lipinski definition) is 0. The maximum atomic E-state index is 9.24. The van der Waals surface area contributed by atoms with Crippen LogP contribution in [0, 0.1) is 31.3 Å². The minimum Gasteiger partial charge on any atom is -0.510 e. The zero-order valence-corrected chi connectivity index (χ0v) is 42.5. The number of aryl methyl sites for hydroxylation is 1. The maximum absolute atomic E-state index is 9.24. The largest absolute Gasteiger partial charge is 0.510 e. The molecule has 10 aromatic rings. The van der Waals surface area contributed by atoms with Crippen molar-refractivity contribution in [3.8, 4) is 50.9 Å². The number of aromatic nitrogens is 4. The number of imidazole rings is 1. The van der Waals surface area contributed by atoms with Gasteiger partial charge in [0.15, 0.2) is 0 Å². The Morgan fingerprint density at radius 1 is 0.676 bits per heavy atom. The van der Waals surface area contributed by atoms with Crippen molar-refractivity contribution in [2.24, 2.45) is 5.92 Å². The monoisotopic (exact) mass is 1080 g/mol. The van der Waals surface area contributed by atoms with E-state index >= 15 is 0 Å². The molecule has 0 bridgehead atoms. The number of para-hydroxylation sites is 3. The van der Waals surface area contributed by atoms with E-state index in [1.807, 2.05) is 114 Å². The SMILES string of the molecule is [2H]c1c([2H])c([2H])c(-c2cccc(-c3cc(C(C)(C)C)cc(C(C)(C)C)c3)c2-[n+]2[c-]n(-c3[c-]c(Oc4[c-]c5c(cc4)c4ccccc4n5-c4cc(C([2H])(C)C(C)C)ccn4)ccc3)c3cccc(C)c32)c([2H])c1[2H].[Pt]. The summed E-state index contributed by atoms with van der Waals surface area (Å²) < 4.78 is 66.3. The third kappa shape index (κ3) is 8.63. The van der Waals surface area contributed by atoms with Crippen LogP contribution >= 0.6 is 0 Å². The molecule has 7 aromatic carbocycles. The topological polar surface area (TPSA) is 35.9 Å². The predicted molar refractivity (Wildman–Crippen MR) is 276 cm³/mol. The Balaban J connectivity index is 0.00000672. The molecule has 68 heavy (non-hydrogen) atoms. The van der Waals surface area contributed by atoms with E-state index in [-0.39, 0.29) is 55.5 Å². The second kappa shape index (κ2) is 18.2. The van der Waals surface area contributed by atoms with Gasteiger partial charge in [-0.05, 0) is 103 Å². The second-order valence-electron chi connectivity index (χ2n) is 19.9. The molecule has 0 fully saturated rings. The number of benzene rings is 7. The summed E-state index contributed by atoms with van der Waals surface area (Å²) in [5.74, 6) is 0.876. The van der Waals surface area contributed by atoms with Crippen molar-refractivity contribution in [1.29, 1.82) is 0 Å². The van der Waals surface area contributed by atoms with Crippen LogP contribution in [0.1, 0.15) is 98.7 Å². The Labute approximate surface area is 424 Å². The molecular weight excluding hydrogens is 1010 g/mol. The molecule has 0 aliphatic heterocycles. The number of fused-ring (bicyclic) bond motifs is 4. The molecule has 0 N–H and O–H groups in total. The average Bonchev–Trinajstić information content (AvgIpc) is 3.91. The van der Waals surface area contributed by atoms with Crippen molar-refractivity contribution in [3.63, 3.8) is 0 Å². The fourth-order valence-corrected chi connectivity index (χ4v) is 8.95. The smallest absolute Gasteiger partial charge is 0.268 e. The molecule has 344 valence electrons. The van der Waals surface area contributed by atoms with Crippen LogP contribution in [0.25, 0.3) is 72.3 Å². The van der Waals surface area contributed by atoms with Crippen LogP contribution in [0.15, 0.2) is 158 Å². The molecule has 5 nitrogen and oxygen atoms in total. The van der Waals surface area contributed by atoms with Gasteiger partial charge >= 0.3 is 0 Å². The molecule has 0 saturated heterocycles. The molecule has 1 unspecified atom stereocenters. The zero-order chi connectivity index (χ0) is 52.1. The van der Waals surface area contributed by atoms with Gasteiger partial charge in [-0.1, -0.05) is 171 Å². The molecule has 0 radical (unpaired) electrons. The summed E-state index contributed by atoms with van der Waals surface area (Å²) in [5, 5.41) is 2.03. The maximum Gasteiger partial charge on any atom is 0.268 e. The Morgan fingerprint density at radius 3 is 2.06 bits per heavy atom. The van der Waals surface area contributed by atoms with E-state index in [1.165, 1.54) is 0 Å². The van der Waals surface area contributed by atoms with Crippen LogP contribution in [0.5, 0.6) is 11.5 Å². The van der Waals surface area contributed by atoms with Gasteiger partial charge in [-0.2, -0.15) is 18.2 Å². The first-order chi connectivity index (χ1) is 34.5. The summed E-state index contributed by atoms with van der Waals surface area (Å²) in [5.41, 5.74) is 10.7. The van der Waals surface area contributed by atoms with E-state index in [9.17, 15) is 4.11 Å². The van der Waals surface area contributed by atoms with E-state index in [4.69, 9.17) is 13.8 Å². The van der Waals surface area contributed by atoms with E-state index in [2.05, 4.69) is 109 Å². The first-order valence-electron chi connectivity index (χ1n) is 26.0. The van der Waals surface area contributed by atoms with Crippen LogP contribution in [-0.4, -0.2) is 14.1 Å². The van der Waals surface area contributed by atoms with Crippen LogP contribution in [0.3, 0.4) is 0 Å². The van der Waals surface area contributed by atoms with Gasteiger partial charge in [-0.3, -0.25) is 4.57 Å². The Morgan fingerprint density at radius 2 is 1.34 bits per heavy atom. The van der Waals surface area contributed by atoms with Gasteiger partial charge in [0, 0.05) is 45.6 Å². The number of ether oxygens (including phenoxy) is 1. The van der Waals surface area contributed by atoms with Gasteiger partial charge in [0.2, 0.25) is 0 Å². The Bertz CT molecular complexity index is 3780. The molecule has 10 rings (SSSR count). The summed E-state index contributed by atoms with van der Waals surface area (Å²) in [4.78, 5) is 4.82. The Kier molecular flexibility index (Phi) is 10.5. The summed E-state index contributed by atoms with van der Waals surface area (Å²) in [6.07, 6.45) is 5.47. The molecule has 6 heteroatoms. The van der Waals surface area contributed by atoms with Crippen molar-refractivity contribution >= 4 is 32.8 Å². The Hall–Kier alpha value is -6.55. The average molecular weight is 1080 g/mol. The van der Waals surface area contributed by atoms with Crippen molar-refractivity contribution in [1.82, 2.24) is 14.1 Å². The van der Waals surface area contributed by atoms with Gasteiger partial charge in [0.05, 0.1) is 23.6 Å². The number of rotatable bonds is 9. The molecular formula is C62H58N4OPt-2. The quantitative estimate of drug-likeness (QED) is 0.107. The van der Waals surface area contributed by atoms with Crippen LogP contribution in [0.2, 0.25) is 0 Å². The van der Waals surface area contributed by atoms with Crippen LogP contribution in [-0.2, 0) is 31.9 Å². The molecule has 3 heterocycles. The number of hydrogen-bond acceptors (Lipinski definition) is 2. The molecule has 0 saturated carbocycles. The second-order valence-corrected chi connectivity index (χ2v) is 19.9. The van der Waals surface area contributed by atoms with Crippen molar-refractivity contribution < 1.29 is 38.6 Å². The molecule has 1 atom stereocenters. The van der Waals surface area contributed by atoms with Gasteiger partial charge in [0.25, 0.3) is 6.33 Å². The van der Waals surface area contributed by atoms with Gasteiger partial charge < -0.3 is 13.9 Å². The third-order valence-electron chi connectivity index (χ3n) is 13.0. The zero-order valence-electron chi connectivity index (χ0n) is 46.2. The van der Waals surface area contributed by atoms with Crippen molar-refractivity contribution in [3.05, 3.63) is 198 Å². The molecule has 0 amide bonds. The van der Waals surface area contributed by atoms with E-state index < -0.39 is 24.0 Å². The van der Waals surface area contributed by atoms with Crippen molar-refractivity contribution in [2.75, 3.05) is 0 Å². The number of nitrogens with zero attached hydrogens (tertiary/aromatic N) is 4. The minimum absolute atomic E-state index is 0. The molecule has 0 spiro atoms. The fourth-order valence-electron chi connectivity index (χ4n) is 8.95. The summed E-state index contributed by atoms with van der Waals surface area (Å²) in [6.45, 7) is 21.3. The van der Waals surface area contributed by atoms with Crippen LogP contribution in [0.4, 0.5) is 0 Å². The van der Waals surface area contributed by atoms with E-state index in [1.54, 1.807) is 6.20 Å². The predicted octanol–water partition coefficient (Wildman–Crippen LogP) is 15.6. The third-order valence-corrected chi connectivity index (χ3v) is 13.0. The van der Waals surface area contributed by atoms with E-state index in [0.29, 0.717) is 34.3 Å². The van der Waals surface area contributed by atoms with Gasteiger partial charge in [-0.25, -0.2) is 4.98 Å². The van der Waals surface area contributed by atoms with Crippen molar-refractivity contribution in [2.45, 2.75) is 86.0 Å². The van der Waals surface area contributed by atoms with E-state index in [0.717, 1.165) is 66.2 Å². The molecule has 0 aliphatic carbocycles.